The first-order valence-corrected chi connectivity index (χ1v) is 45.1. The van der Waals surface area contributed by atoms with E-state index < -0.39 is 0 Å². The van der Waals surface area contributed by atoms with Crippen LogP contribution in [0.4, 0.5) is 0 Å². The Balaban J connectivity index is 0.000000110. The van der Waals surface area contributed by atoms with Gasteiger partial charge < -0.3 is 74.3 Å². The summed E-state index contributed by atoms with van der Waals surface area (Å²) in [5.74, 6) is 3.21. The van der Waals surface area contributed by atoms with Gasteiger partial charge in [-0.3, -0.25) is 53.1 Å². The first-order valence-electron chi connectivity index (χ1n) is 45.1. The van der Waals surface area contributed by atoms with Crippen LogP contribution in [0, 0.1) is 5.92 Å². The fourth-order valence-electron chi connectivity index (χ4n) is 20.2. The molecule has 22 rings (SSSR count). The third-order valence-corrected chi connectivity index (χ3v) is 26.7. The molecule has 7 amide bonds. The molecule has 1 aliphatic carbocycles. The van der Waals surface area contributed by atoms with Crippen LogP contribution >= 0.6 is 0 Å². The quantitative estimate of drug-likeness (QED) is 0.0564. The van der Waals surface area contributed by atoms with Crippen molar-refractivity contribution in [2.45, 2.75) is 108 Å². The van der Waals surface area contributed by atoms with E-state index in [-0.39, 0.29) is 77.2 Å². The molecule has 30 heteroatoms. The van der Waals surface area contributed by atoms with E-state index >= 15 is 0 Å². The molecule has 7 unspecified atom stereocenters. The topological polar surface area (TPSA) is 306 Å². The predicted molar refractivity (Wildman–Crippen MR) is 495 cm³/mol. The third kappa shape index (κ3) is 18.0. The van der Waals surface area contributed by atoms with Crippen LogP contribution in [0.25, 0.3) is 44.1 Å². The van der Waals surface area contributed by atoms with Gasteiger partial charge >= 0.3 is 0 Å². The van der Waals surface area contributed by atoms with Crippen molar-refractivity contribution in [2.75, 3.05) is 134 Å². The number of piperazine rings is 2. The molecule has 9 aliphatic heterocycles. The van der Waals surface area contributed by atoms with E-state index in [0.29, 0.717) is 79.2 Å². The van der Waals surface area contributed by atoms with Crippen LogP contribution in [0.2, 0.25) is 0 Å². The molecule has 4 aromatic heterocycles. The Bertz CT molecular complexity index is 6300. The highest BCUT2D eigenvalue weighted by Gasteiger charge is 2.48. The monoisotopic (exact) mass is 1740 g/mol. The van der Waals surface area contributed by atoms with E-state index in [4.69, 9.17) is 9.98 Å². The fourth-order valence-corrected chi connectivity index (χ4v) is 20.2. The standard InChI is InChI=1S/C23H27N5O2.C23H25N5O.C22H23N5O2.C18H21N3O2.C13H16N4O/c1-26(2)11-6-12-27(3)23(30)17-8-4-7-16(13-17)20-14-24-22(29)18-9-5-10-19-21(18)28(20)15-25-19;29-23-19-7-4-8-20-22(19)28(10-9-24-23)21(25-20)15-27-14-17-11-18(27)13-26(17)12-16-5-2-1-3-6-16;1-25-8-10-26(11-9-25)22(29)16-5-2-4-15(12-16)19-13-23-21(28)17-6-3-7-18-20(17)27(19)14-24-18;1-11(22)12-4-2-5-13(10-12)17-20-15-7-3-6-14-16(15)21(17)9-8-19-18(14)23;1-16(2)8-11-15-10-5-3-4-9-12(10)17(11)7-6-14-13(9)18/h4-5,7-10,13,15,20H,6,11-12,14H2,1-3H3,(H,24,29);1-8,17-18H,9-15H2,(H,24,29);2-7,12,14,19H,8-11,13H2,1H3,(H,23,28);2,4-5,10,14-16H,3,6-9H2,1H3,(H,19,23);3-5H,6-8H2,1-2H3,(H,14,18). The van der Waals surface area contributed by atoms with Crippen molar-refractivity contribution in [2.24, 2.45) is 10.9 Å². The summed E-state index contributed by atoms with van der Waals surface area (Å²) in [4.78, 5) is 141. The van der Waals surface area contributed by atoms with Gasteiger partial charge in [-0.25, -0.2) is 19.9 Å². The second-order valence-corrected chi connectivity index (χ2v) is 35.8. The van der Waals surface area contributed by atoms with Gasteiger partial charge in [0.05, 0.1) is 122 Å². The minimum atomic E-state index is -0.130. The molecule has 7 atom stereocenters. The Morgan fingerprint density at radius 2 is 1.02 bits per heavy atom. The van der Waals surface area contributed by atoms with Crippen LogP contribution in [0.15, 0.2) is 194 Å². The van der Waals surface area contributed by atoms with Crippen LogP contribution in [0.5, 0.6) is 0 Å². The Morgan fingerprint density at radius 1 is 0.488 bits per heavy atom. The van der Waals surface area contributed by atoms with E-state index in [0.717, 1.165) is 200 Å². The molecule has 13 heterocycles. The van der Waals surface area contributed by atoms with E-state index in [2.05, 4.69) is 117 Å². The Kier molecular flexibility index (Phi) is 25.3. The molecule has 8 aromatic carbocycles. The van der Waals surface area contributed by atoms with E-state index in [1.54, 1.807) is 24.5 Å². The highest BCUT2D eigenvalue weighted by Crippen LogP contribution is 2.40. The van der Waals surface area contributed by atoms with Crippen LogP contribution in [-0.4, -0.2) is 288 Å². The molecule has 5 N–H and O–H groups in total. The smallest absolute Gasteiger partial charge is 0.253 e. The number of nitrogens with zero attached hydrogens (tertiary/aromatic N) is 17. The summed E-state index contributed by atoms with van der Waals surface area (Å²) in [6, 6.07) is 58.0. The van der Waals surface area contributed by atoms with Crippen LogP contribution in [0.1, 0.15) is 158 Å². The molecule has 10 aliphatic rings. The predicted octanol–water partition coefficient (Wildman–Crippen LogP) is 8.85. The minimum Gasteiger partial charge on any atom is -0.354 e. The van der Waals surface area contributed by atoms with Gasteiger partial charge in [0.25, 0.3) is 35.4 Å². The Morgan fingerprint density at radius 3 is 1.60 bits per heavy atom. The fraction of sp³-hybridized carbons (Fsp3) is 0.384. The number of para-hydroxylation sites is 4. The third-order valence-electron chi connectivity index (χ3n) is 26.7. The lowest BCUT2D eigenvalue weighted by Gasteiger charge is -2.35. The molecule has 0 radical (unpaired) electrons. The van der Waals surface area contributed by atoms with Crippen molar-refractivity contribution in [3.63, 3.8) is 0 Å². The van der Waals surface area contributed by atoms with Gasteiger partial charge in [-0.05, 0) is 170 Å². The maximum Gasteiger partial charge on any atom is 0.253 e. The van der Waals surface area contributed by atoms with Gasteiger partial charge in [-0.1, -0.05) is 103 Å². The number of imidazole rings is 4. The van der Waals surface area contributed by atoms with Crippen molar-refractivity contribution >= 4 is 97.1 Å². The number of ketones is 1. The molecule has 129 heavy (non-hydrogen) atoms. The summed E-state index contributed by atoms with van der Waals surface area (Å²) in [6.45, 7) is 16.6. The van der Waals surface area contributed by atoms with Crippen LogP contribution < -0.4 is 26.6 Å². The molecular weight excluding hydrogens is 1630 g/mol. The number of aliphatic imine (C=N–C) groups is 1. The van der Waals surface area contributed by atoms with E-state index in [1.807, 2.05) is 195 Å². The summed E-state index contributed by atoms with van der Waals surface area (Å²) in [5, 5.41) is 15.0. The van der Waals surface area contributed by atoms with E-state index in [1.165, 1.54) is 12.0 Å². The lowest BCUT2D eigenvalue weighted by Crippen LogP contribution is -2.48. The number of amides is 7. The number of carbonyl (C=O) groups excluding carboxylic acids is 8. The number of rotatable bonds is 16. The first kappa shape index (κ1) is 86.6. The van der Waals surface area contributed by atoms with Gasteiger partial charge in [0.2, 0.25) is 5.91 Å². The van der Waals surface area contributed by atoms with Crippen molar-refractivity contribution in [1.82, 2.24) is 104 Å². The van der Waals surface area contributed by atoms with Crippen molar-refractivity contribution < 1.29 is 38.4 Å². The normalized spacial score (nSPS) is 20.9. The minimum absolute atomic E-state index is 0.00402. The van der Waals surface area contributed by atoms with Crippen molar-refractivity contribution in [3.05, 3.63) is 261 Å². The highest BCUT2D eigenvalue weighted by atomic mass is 16.2. The second-order valence-electron chi connectivity index (χ2n) is 35.8. The number of carbonyl (C=O) groups is 8. The highest BCUT2D eigenvalue weighted by molar-refractivity contribution is 6.09. The van der Waals surface area contributed by atoms with Gasteiger partial charge in [0.15, 0.2) is 5.78 Å². The molecule has 1 saturated carbocycles. The molecule has 2 bridgehead atoms. The number of likely N-dealkylation sites (tertiary alicyclic amines) is 2. The number of hydrogen-bond acceptors (Lipinski definition) is 19. The Hall–Kier alpha value is -13.1. The zero-order chi connectivity index (χ0) is 89.3. The second kappa shape index (κ2) is 37.7. The lowest BCUT2D eigenvalue weighted by molar-refractivity contribution is -0.126. The largest absolute Gasteiger partial charge is 0.354 e. The van der Waals surface area contributed by atoms with Crippen molar-refractivity contribution in [1.29, 1.82) is 0 Å². The number of fused-ring (bicyclic) bond motifs is 2. The molecule has 666 valence electrons. The number of aromatic nitrogens is 8. The summed E-state index contributed by atoms with van der Waals surface area (Å²) in [7, 11) is 12.0. The van der Waals surface area contributed by atoms with Gasteiger partial charge in [-0.15, -0.1) is 0 Å². The van der Waals surface area contributed by atoms with Gasteiger partial charge in [-0.2, -0.15) is 0 Å². The Labute approximate surface area is 749 Å². The zero-order valence-electron chi connectivity index (χ0n) is 74.3. The maximum absolute atomic E-state index is 13.0. The van der Waals surface area contributed by atoms with Crippen LogP contribution in [0.3, 0.4) is 0 Å². The summed E-state index contributed by atoms with van der Waals surface area (Å²) in [6.07, 6.45) is 8.78. The summed E-state index contributed by atoms with van der Waals surface area (Å²) < 4.78 is 8.49. The van der Waals surface area contributed by atoms with Crippen LogP contribution in [-0.2, 0) is 37.5 Å². The zero-order valence-corrected chi connectivity index (χ0v) is 74.3. The molecule has 5 fully saturated rings. The maximum atomic E-state index is 13.0. The number of benzene rings is 8. The number of nitrogens with one attached hydrogen (secondary N) is 5. The number of Topliss-reactive ketones (excluding diaryl/α,β-unsaturated/α-hetero) is 1. The number of hydrogen-bond donors (Lipinski definition) is 5. The van der Waals surface area contributed by atoms with Gasteiger partial charge in [0, 0.05) is 146 Å². The first-order chi connectivity index (χ1) is 62.6. The molecular formula is C99H112N22O8. The average Bonchev–Trinajstić information content (AvgIpc) is 1.96. The number of amidine groups is 1. The summed E-state index contributed by atoms with van der Waals surface area (Å²) in [5.41, 5.74) is 16.2. The molecule has 0 spiro atoms. The van der Waals surface area contributed by atoms with Gasteiger partial charge in [0.1, 0.15) is 17.5 Å². The summed E-state index contributed by atoms with van der Waals surface area (Å²) >= 11 is 0. The SMILES string of the molecule is CC(=O)c1cccc(C2=NC3CCCC4C(=O)NCCN2C34)c1.CN(C)CCCN(C)C(=O)c1cccc(C2CNC(=O)c3cccc4ncn2c34)c1.CN(C)Cc1nc2cccc3c2n1CCNC3=O.CN1CCN(C(=O)c2cccc(C3CNC(=O)c4cccc5ncn3c45)c2)CC1.O=C1NCCn2c(CN3CC4CC3CN4Cc3ccccc3)nc3cccc1c32. The molecule has 30 nitrogen and oxygen atoms in total. The lowest BCUT2D eigenvalue weighted by atomic mass is 9.81. The average molecular weight is 1740 g/mol. The van der Waals surface area contributed by atoms with E-state index in [9.17, 15) is 38.4 Å². The van der Waals surface area contributed by atoms with Crippen molar-refractivity contribution in [3.8, 4) is 0 Å². The number of likely N-dealkylation sites (N-methyl/N-ethyl adjacent to an activating group) is 1. The molecule has 12 aromatic rings. The molecule has 4 saturated heterocycles.